The van der Waals surface area contributed by atoms with Crippen molar-refractivity contribution in [3.8, 4) is 22.6 Å². The molecule has 0 bridgehead atoms. The Labute approximate surface area is 231 Å². The smallest absolute Gasteiger partial charge is 0.353 e. The third-order valence-corrected chi connectivity index (χ3v) is 8.48. The van der Waals surface area contributed by atoms with Gasteiger partial charge in [-0.05, 0) is 80.6 Å². The first kappa shape index (κ1) is 26.2. The van der Waals surface area contributed by atoms with Crippen molar-refractivity contribution in [2.24, 2.45) is 0 Å². The second-order valence-corrected chi connectivity index (χ2v) is 12.2. The lowest BCUT2D eigenvalue weighted by atomic mass is 9.82. The van der Waals surface area contributed by atoms with Gasteiger partial charge in [-0.25, -0.2) is 4.79 Å². The fraction of sp³-hybridized carbons (Fsp3) is 0.258. The molecule has 1 aliphatic heterocycles. The number of nitrogens with one attached hydrogen (secondary N) is 1. The van der Waals surface area contributed by atoms with Crippen LogP contribution in [0.4, 0.5) is 5.69 Å². The van der Waals surface area contributed by atoms with Gasteiger partial charge in [0.15, 0.2) is 0 Å². The van der Waals surface area contributed by atoms with Crippen LogP contribution in [0.2, 0.25) is 0 Å². The number of aryl methyl sites for hydroxylation is 1. The number of thiophene rings is 2. The molecule has 0 saturated heterocycles. The van der Waals surface area contributed by atoms with Gasteiger partial charge in [-0.1, -0.05) is 18.2 Å². The second-order valence-electron chi connectivity index (χ2n) is 9.92. The molecule has 1 N–H and O–H groups in total. The Morgan fingerprint density at radius 1 is 1.00 bits per heavy atom. The Kier molecular flexibility index (Phi) is 7.18. The van der Waals surface area contributed by atoms with Crippen molar-refractivity contribution < 1.29 is 19.0 Å². The highest BCUT2D eigenvalue weighted by molar-refractivity contribution is 7.12. The molecule has 3 heterocycles. The maximum Gasteiger partial charge on any atom is 0.353 e. The van der Waals surface area contributed by atoms with E-state index in [0.29, 0.717) is 16.4 Å². The molecule has 0 radical (unpaired) electrons. The number of methoxy groups -OCH3 is 2. The highest BCUT2D eigenvalue weighted by Crippen LogP contribution is 2.48. The number of benzene rings is 2. The van der Waals surface area contributed by atoms with Crippen molar-refractivity contribution in [1.29, 1.82) is 0 Å². The molecule has 2 aromatic heterocycles. The van der Waals surface area contributed by atoms with E-state index in [1.54, 1.807) is 37.7 Å². The minimum absolute atomic E-state index is 0.163. The van der Waals surface area contributed by atoms with Crippen LogP contribution in [0, 0.1) is 6.92 Å². The number of ether oxygens (including phenoxy) is 3. The van der Waals surface area contributed by atoms with Crippen LogP contribution in [0.1, 0.15) is 57.4 Å². The van der Waals surface area contributed by atoms with Gasteiger partial charge in [-0.2, -0.15) is 0 Å². The molecule has 2 aromatic carbocycles. The Morgan fingerprint density at radius 3 is 2.45 bits per heavy atom. The molecule has 1 atom stereocenters. The quantitative estimate of drug-likeness (QED) is 0.187. The molecule has 0 spiro atoms. The van der Waals surface area contributed by atoms with E-state index in [0.717, 1.165) is 32.8 Å². The first-order valence-corrected chi connectivity index (χ1v) is 14.1. The van der Waals surface area contributed by atoms with Gasteiger partial charge in [0, 0.05) is 45.3 Å². The lowest BCUT2D eigenvalue weighted by Crippen LogP contribution is -2.32. The molecular formula is C31H31NO4S2. The summed E-state index contributed by atoms with van der Waals surface area (Å²) in [6, 6.07) is 17.6. The molecule has 5 rings (SSSR count). The SMILES string of the molecule is COc1cc(OC(=O)c2cccs2)ccc1-c1ccc2c(c1C(OC)c1ccc(C)s1)C(C)=CC(C)(C)N2. The van der Waals surface area contributed by atoms with Crippen LogP contribution in [0.15, 0.2) is 66.1 Å². The number of carbonyl (C=O) groups excluding carboxylic acids is 1. The fourth-order valence-electron chi connectivity index (χ4n) is 5.13. The summed E-state index contributed by atoms with van der Waals surface area (Å²) in [6.07, 6.45) is 1.99. The van der Waals surface area contributed by atoms with Crippen LogP contribution < -0.4 is 14.8 Å². The maximum absolute atomic E-state index is 12.5. The van der Waals surface area contributed by atoms with Gasteiger partial charge in [0.05, 0.1) is 12.6 Å². The predicted molar refractivity (Wildman–Crippen MR) is 157 cm³/mol. The average molecular weight is 546 g/mol. The van der Waals surface area contributed by atoms with Crippen molar-refractivity contribution in [3.05, 3.63) is 91.8 Å². The van der Waals surface area contributed by atoms with Crippen molar-refractivity contribution in [2.45, 2.75) is 39.3 Å². The zero-order valence-electron chi connectivity index (χ0n) is 22.4. The minimum Gasteiger partial charge on any atom is -0.496 e. The predicted octanol–water partition coefficient (Wildman–Crippen LogP) is 8.36. The monoisotopic (exact) mass is 545 g/mol. The van der Waals surface area contributed by atoms with E-state index >= 15 is 0 Å². The summed E-state index contributed by atoms with van der Waals surface area (Å²) >= 11 is 3.09. The zero-order valence-corrected chi connectivity index (χ0v) is 24.0. The van der Waals surface area contributed by atoms with E-state index in [9.17, 15) is 4.79 Å². The van der Waals surface area contributed by atoms with Crippen LogP contribution in [0.5, 0.6) is 11.5 Å². The van der Waals surface area contributed by atoms with Crippen LogP contribution in [0.25, 0.3) is 16.7 Å². The summed E-state index contributed by atoms with van der Waals surface area (Å²) in [7, 11) is 3.39. The van der Waals surface area contributed by atoms with Gasteiger partial charge in [-0.3, -0.25) is 0 Å². The van der Waals surface area contributed by atoms with Crippen LogP contribution in [0.3, 0.4) is 0 Å². The van der Waals surface area contributed by atoms with Gasteiger partial charge in [0.25, 0.3) is 0 Å². The molecule has 0 amide bonds. The maximum atomic E-state index is 12.5. The number of fused-ring (bicyclic) bond motifs is 1. The van der Waals surface area contributed by atoms with E-state index in [1.807, 2.05) is 23.6 Å². The van der Waals surface area contributed by atoms with Crippen molar-refractivity contribution in [3.63, 3.8) is 0 Å². The van der Waals surface area contributed by atoms with Gasteiger partial charge in [0.2, 0.25) is 0 Å². The number of hydrogen-bond donors (Lipinski definition) is 1. The Morgan fingerprint density at radius 2 is 1.79 bits per heavy atom. The minimum atomic E-state index is -0.383. The summed E-state index contributed by atoms with van der Waals surface area (Å²) in [6.45, 7) is 8.60. The number of hydrogen-bond acceptors (Lipinski definition) is 7. The Balaban J connectivity index is 1.67. The third-order valence-electron chi connectivity index (χ3n) is 6.59. The van der Waals surface area contributed by atoms with Gasteiger partial charge in [-0.15, -0.1) is 22.7 Å². The van der Waals surface area contributed by atoms with E-state index in [1.165, 1.54) is 21.8 Å². The lowest BCUT2D eigenvalue weighted by Gasteiger charge is -2.35. The standard InChI is InChI=1S/C31H31NO4S2/c1-18-17-31(3,4)32-23-13-12-22(28(27(18)23)29(35-6)25-14-9-19(2)38-25)21-11-10-20(16-24(21)34-5)36-30(33)26-8-7-15-37-26/h7-17,29,32H,1-6H3. The van der Waals surface area contributed by atoms with Crippen molar-refractivity contribution in [2.75, 3.05) is 19.5 Å². The normalized spacial score (nSPS) is 14.7. The topological polar surface area (TPSA) is 56.8 Å². The van der Waals surface area contributed by atoms with Gasteiger partial charge >= 0.3 is 5.97 Å². The number of esters is 1. The lowest BCUT2D eigenvalue weighted by molar-refractivity contribution is 0.0739. The van der Waals surface area contributed by atoms with Crippen molar-refractivity contribution >= 4 is 39.9 Å². The fourth-order valence-corrected chi connectivity index (χ4v) is 6.70. The third kappa shape index (κ3) is 5.01. The Bertz CT molecular complexity index is 1510. The molecule has 0 aliphatic carbocycles. The molecule has 1 unspecified atom stereocenters. The van der Waals surface area contributed by atoms with Crippen molar-refractivity contribution in [1.82, 2.24) is 0 Å². The highest BCUT2D eigenvalue weighted by atomic mass is 32.1. The first-order valence-electron chi connectivity index (χ1n) is 12.4. The van der Waals surface area contributed by atoms with Gasteiger partial charge < -0.3 is 19.5 Å². The van der Waals surface area contributed by atoms with Crippen LogP contribution in [-0.4, -0.2) is 25.7 Å². The summed E-state index contributed by atoms with van der Waals surface area (Å²) in [4.78, 5) is 15.5. The summed E-state index contributed by atoms with van der Waals surface area (Å²) in [5.41, 5.74) is 6.21. The molecule has 1 aliphatic rings. The molecule has 4 aromatic rings. The molecular weight excluding hydrogens is 514 g/mol. The number of carbonyl (C=O) groups is 1. The molecule has 196 valence electrons. The van der Waals surface area contributed by atoms with Crippen LogP contribution in [-0.2, 0) is 4.74 Å². The van der Waals surface area contributed by atoms with E-state index in [-0.39, 0.29) is 17.6 Å². The highest BCUT2D eigenvalue weighted by Gasteiger charge is 2.31. The summed E-state index contributed by atoms with van der Waals surface area (Å²) in [5.74, 6) is 0.664. The summed E-state index contributed by atoms with van der Waals surface area (Å²) < 4.78 is 17.7. The molecule has 0 saturated carbocycles. The Hall–Kier alpha value is -3.39. The molecule has 5 nitrogen and oxygen atoms in total. The summed E-state index contributed by atoms with van der Waals surface area (Å²) in [5, 5.41) is 5.53. The van der Waals surface area contributed by atoms with Crippen LogP contribution >= 0.6 is 22.7 Å². The second kappa shape index (κ2) is 10.4. The molecule has 7 heteroatoms. The number of allylic oxidation sites excluding steroid dienone is 1. The average Bonchev–Trinajstić information content (AvgIpc) is 3.56. The van der Waals surface area contributed by atoms with Gasteiger partial charge in [0.1, 0.15) is 22.5 Å². The number of anilines is 1. The molecule has 0 fully saturated rings. The first-order chi connectivity index (χ1) is 18.2. The van der Waals surface area contributed by atoms with E-state index in [2.05, 4.69) is 63.4 Å². The largest absolute Gasteiger partial charge is 0.496 e. The number of rotatable bonds is 7. The van der Waals surface area contributed by atoms with E-state index in [4.69, 9.17) is 14.2 Å². The molecule has 38 heavy (non-hydrogen) atoms. The van der Waals surface area contributed by atoms with E-state index < -0.39 is 0 Å². The zero-order chi connectivity index (χ0) is 27.0.